The van der Waals surface area contributed by atoms with E-state index in [4.69, 9.17) is 19.2 Å². The van der Waals surface area contributed by atoms with Gasteiger partial charge in [-0.1, -0.05) is 11.2 Å². The molecule has 2 fully saturated rings. The molecule has 0 bridgehead atoms. The maximum absolute atomic E-state index is 5.73. The number of nitrogens with zero attached hydrogens (tertiary/aromatic N) is 7. The lowest BCUT2D eigenvalue weighted by atomic mass is 9.77. The van der Waals surface area contributed by atoms with E-state index in [0.29, 0.717) is 29.6 Å². The van der Waals surface area contributed by atoms with Crippen LogP contribution in [0.15, 0.2) is 47.6 Å². The van der Waals surface area contributed by atoms with Gasteiger partial charge in [-0.2, -0.15) is 10.1 Å². The van der Waals surface area contributed by atoms with Gasteiger partial charge < -0.3 is 14.6 Å². The third kappa shape index (κ3) is 4.07. The van der Waals surface area contributed by atoms with Crippen LogP contribution in [-0.4, -0.2) is 55.1 Å². The first-order valence-electron chi connectivity index (χ1n) is 12.1. The highest BCUT2D eigenvalue weighted by atomic mass is 16.5. The summed E-state index contributed by atoms with van der Waals surface area (Å²) in [5.74, 6) is 2.21. The van der Waals surface area contributed by atoms with Gasteiger partial charge in [-0.3, -0.25) is 9.67 Å². The van der Waals surface area contributed by atoms with Crippen LogP contribution in [0, 0.1) is 5.92 Å². The molecule has 0 radical (unpaired) electrons. The summed E-state index contributed by atoms with van der Waals surface area (Å²) in [6, 6.07) is 4.46. The number of rotatable bonds is 7. The molecule has 0 amide bonds. The quantitative estimate of drug-likeness (QED) is 0.427. The molecular formula is C25H28N8O2. The van der Waals surface area contributed by atoms with E-state index >= 15 is 0 Å². The van der Waals surface area contributed by atoms with Crippen molar-refractivity contribution in [2.45, 2.75) is 44.1 Å². The van der Waals surface area contributed by atoms with Gasteiger partial charge >= 0.3 is 0 Å². The van der Waals surface area contributed by atoms with Gasteiger partial charge in [0.05, 0.1) is 28.9 Å². The van der Waals surface area contributed by atoms with Gasteiger partial charge in [-0.25, -0.2) is 9.97 Å². The Morgan fingerprint density at radius 1 is 0.971 bits per heavy atom. The van der Waals surface area contributed by atoms with Crippen molar-refractivity contribution in [3.63, 3.8) is 0 Å². The van der Waals surface area contributed by atoms with Crippen molar-refractivity contribution in [2.24, 2.45) is 5.92 Å². The molecule has 6 rings (SSSR count). The van der Waals surface area contributed by atoms with Crippen molar-refractivity contribution in [3.05, 3.63) is 54.5 Å². The predicted octanol–water partition coefficient (Wildman–Crippen LogP) is 3.89. The number of hydrogen-bond donors (Lipinski definition) is 1. The van der Waals surface area contributed by atoms with Gasteiger partial charge in [-0.05, 0) is 50.2 Å². The highest BCUT2D eigenvalue weighted by Crippen LogP contribution is 2.50. The minimum Gasteiger partial charge on any atom is -0.381 e. The minimum atomic E-state index is -0.379. The average molecular weight is 473 g/mol. The first-order valence-corrected chi connectivity index (χ1v) is 12.1. The molecule has 1 unspecified atom stereocenters. The molecule has 10 nitrogen and oxygen atoms in total. The fraction of sp³-hybridized carbons (Fsp3) is 0.440. The zero-order valence-electron chi connectivity index (χ0n) is 19.9. The lowest BCUT2D eigenvalue weighted by molar-refractivity contribution is 0.0662. The smallest absolute Gasteiger partial charge is 0.261 e. The van der Waals surface area contributed by atoms with E-state index in [1.807, 2.05) is 23.1 Å². The molecule has 0 spiro atoms. The molecule has 4 aromatic heterocycles. The summed E-state index contributed by atoms with van der Waals surface area (Å²) in [7, 11) is 1.79. The first-order chi connectivity index (χ1) is 17.1. The Morgan fingerprint density at radius 2 is 1.77 bits per heavy atom. The normalized spacial score (nSPS) is 18.3. The average Bonchev–Trinajstić information content (AvgIpc) is 3.45. The van der Waals surface area contributed by atoms with Gasteiger partial charge in [0.1, 0.15) is 0 Å². The maximum Gasteiger partial charge on any atom is 0.261 e. The molecule has 1 atom stereocenters. The van der Waals surface area contributed by atoms with Crippen molar-refractivity contribution in [1.29, 1.82) is 0 Å². The molecule has 1 saturated heterocycles. The summed E-state index contributed by atoms with van der Waals surface area (Å²) in [4.78, 5) is 18.1. The number of ether oxygens (including phenoxy) is 1. The Kier molecular flexibility index (Phi) is 5.52. The lowest BCUT2D eigenvalue weighted by Crippen LogP contribution is -2.28. The van der Waals surface area contributed by atoms with Crippen molar-refractivity contribution < 1.29 is 9.26 Å². The summed E-state index contributed by atoms with van der Waals surface area (Å²) in [6.45, 7) is 3.73. The highest BCUT2D eigenvalue weighted by Gasteiger charge is 2.47. The number of anilines is 1. The fourth-order valence-electron chi connectivity index (χ4n) is 4.82. The van der Waals surface area contributed by atoms with E-state index in [2.05, 4.69) is 38.5 Å². The maximum atomic E-state index is 5.73. The van der Waals surface area contributed by atoms with Crippen molar-refractivity contribution in [3.8, 4) is 22.7 Å². The number of nitrogens with one attached hydrogen (secondary N) is 1. The van der Waals surface area contributed by atoms with E-state index in [0.717, 1.165) is 61.3 Å². The number of pyridine rings is 1. The van der Waals surface area contributed by atoms with Gasteiger partial charge in [0.25, 0.3) is 5.89 Å². The second-order valence-corrected chi connectivity index (χ2v) is 9.43. The molecule has 10 heteroatoms. The molecule has 1 N–H and O–H groups in total. The fourth-order valence-corrected chi connectivity index (χ4v) is 4.82. The third-order valence-corrected chi connectivity index (χ3v) is 7.23. The number of aromatic nitrogens is 7. The summed E-state index contributed by atoms with van der Waals surface area (Å²) in [5.41, 5.74) is 3.22. The molecule has 0 aromatic carbocycles. The van der Waals surface area contributed by atoms with Gasteiger partial charge in [0.15, 0.2) is 5.82 Å². The Labute approximate surface area is 203 Å². The van der Waals surface area contributed by atoms with Crippen LogP contribution in [-0.2, 0) is 10.2 Å². The summed E-state index contributed by atoms with van der Waals surface area (Å²) in [5, 5.41) is 11.9. The molecule has 1 aliphatic carbocycles. The van der Waals surface area contributed by atoms with E-state index < -0.39 is 0 Å². The molecule has 180 valence electrons. The predicted molar refractivity (Wildman–Crippen MR) is 129 cm³/mol. The molecule has 1 aliphatic heterocycles. The Morgan fingerprint density at radius 3 is 2.46 bits per heavy atom. The van der Waals surface area contributed by atoms with Gasteiger partial charge in [-0.15, -0.1) is 0 Å². The van der Waals surface area contributed by atoms with Crippen molar-refractivity contribution >= 4 is 5.95 Å². The monoisotopic (exact) mass is 472 g/mol. The summed E-state index contributed by atoms with van der Waals surface area (Å²) in [6.07, 6.45) is 13.4. The van der Waals surface area contributed by atoms with Crippen LogP contribution in [0.25, 0.3) is 22.7 Å². The van der Waals surface area contributed by atoms with Crippen LogP contribution in [0.5, 0.6) is 0 Å². The topological polar surface area (TPSA) is 117 Å². The lowest BCUT2D eigenvalue weighted by Gasteiger charge is -2.26. The van der Waals surface area contributed by atoms with Crippen LogP contribution in [0.1, 0.15) is 50.0 Å². The van der Waals surface area contributed by atoms with Crippen LogP contribution in [0.3, 0.4) is 0 Å². The zero-order chi connectivity index (χ0) is 23.8. The molecule has 35 heavy (non-hydrogen) atoms. The van der Waals surface area contributed by atoms with Gasteiger partial charge in [0, 0.05) is 50.6 Å². The summed E-state index contributed by atoms with van der Waals surface area (Å²) >= 11 is 0. The van der Waals surface area contributed by atoms with E-state index in [1.165, 1.54) is 0 Å². The SMILES string of the molecule is CNc1ncc(-c2ccc(C(C)(c3noc(-c4cnn(C5CCOCC5)c4)n3)C3CC3)cn2)cn1. The third-order valence-electron chi connectivity index (χ3n) is 7.23. The standard InChI is InChI=1S/C25H28N8O2/c1-25(18-3-4-18,19-5-6-21(27-14-19)16-11-28-24(26-2)29-12-16)23-31-22(35-32-23)17-13-30-33(15-17)20-7-9-34-10-8-20/h5-6,11-15,18,20H,3-4,7-10H2,1-2H3,(H,26,28,29). The zero-order valence-corrected chi connectivity index (χ0v) is 19.9. The number of hydrogen-bond acceptors (Lipinski definition) is 9. The second kappa shape index (κ2) is 8.84. The van der Waals surface area contributed by atoms with E-state index in [-0.39, 0.29) is 5.41 Å². The largest absolute Gasteiger partial charge is 0.381 e. The molecular weight excluding hydrogens is 444 g/mol. The molecule has 5 heterocycles. The Balaban J connectivity index is 1.27. The highest BCUT2D eigenvalue weighted by molar-refractivity contribution is 5.58. The van der Waals surface area contributed by atoms with E-state index in [1.54, 1.807) is 25.6 Å². The summed E-state index contributed by atoms with van der Waals surface area (Å²) < 4.78 is 13.2. The van der Waals surface area contributed by atoms with Crippen molar-refractivity contribution in [1.82, 2.24) is 34.9 Å². The molecule has 2 aliphatic rings. The minimum absolute atomic E-state index is 0.348. The van der Waals surface area contributed by atoms with Crippen LogP contribution < -0.4 is 5.32 Å². The van der Waals surface area contributed by atoms with Gasteiger partial charge in [0.2, 0.25) is 5.95 Å². The Hall–Kier alpha value is -3.66. The van der Waals surface area contributed by atoms with E-state index in [9.17, 15) is 0 Å². The first kappa shape index (κ1) is 21.8. The van der Waals surface area contributed by atoms with Crippen LogP contribution >= 0.6 is 0 Å². The second-order valence-electron chi connectivity index (χ2n) is 9.43. The molecule has 4 aromatic rings. The Bertz CT molecular complexity index is 1290. The van der Waals surface area contributed by atoms with Crippen molar-refractivity contribution in [2.75, 3.05) is 25.6 Å². The van der Waals surface area contributed by atoms with Crippen LogP contribution in [0.2, 0.25) is 0 Å². The van der Waals surface area contributed by atoms with Crippen LogP contribution in [0.4, 0.5) is 5.95 Å². The molecule has 1 saturated carbocycles.